The van der Waals surface area contributed by atoms with Gasteiger partial charge in [0.25, 0.3) is 0 Å². The average molecular weight is 252 g/mol. The summed E-state index contributed by atoms with van der Waals surface area (Å²) in [7, 11) is 0. The number of aromatic amines is 1. The Bertz CT molecular complexity index is 473. The lowest BCUT2D eigenvalue weighted by Crippen LogP contribution is -2.08. The van der Waals surface area contributed by atoms with Gasteiger partial charge >= 0.3 is 0 Å². The molecule has 1 N–H and O–H groups in total. The van der Waals surface area contributed by atoms with Gasteiger partial charge in [-0.3, -0.25) is 4.79 Å². The number of ketones is 1. The molecule has 1 heterocycles. The van der Waals surface area contributed by atoms with E-state index in [1.165, 1.54) is 0 Å². The maximum Gasteiger partial charge on any atom is 0.178 e. The first kappa shape index (κ1) is 9.46. The second-order valence-electron chi connectivity index (χ2n) is 3.23. The van der Waals surface area contributed by atoms with Crippen LogP contribution in [-0.4, -0.2) is 15.6 Å². The van der Waals surface area contributed by atoms with E-state index >= 15 is 0 Å². The number of hydrogen-bond donors (Lipinski definition) is 1. The Morgan fingerprint density at radius 3 is 2.86 bits per heavy atom. The van der Waals surface area contributed by atoms with Crippen LogP contribution in [0.3, 0.4) is 0 Å². The van der Waals surface area contributed by atoms with Gasteiger partial charge in [-0.05, 0) is 13.0 Å². The number of para-hydroxylation sites is 1. The minimum atomic E-state index is -0.137. The predicted molar refractivity (Wildman–Crippen MR) is 61.0 cm³/mol. The van der Waals surface area contributed by atoms with Gasteiger partial charge in [-0.25, -0.2) is 0 Å². The third kappa shape index (κ3) is 1.48. The first-order valence-electron chi connectivity index (χ1n) is 4.44. The van der Waals surface area contributed by atoms with Crippen LogP contribution in [0.2, 0.25) is 0 Å². The quantitative estimate of drug-likeness (QED) is 0.646. The molecule has 0 saturated carbocycles. The Morgan fingerprint density at radius 1 is 1.43 bits per heavy atom. The molecule has 0 aliphatic carbocycles. The molecular weight excluding hydrogens is 242 g/mol. The van der Waals surface area contributed by atoms with E-state index in [0.717, 1.165) is 16.5 Å². The molecule has 0 spiro atoms. The van der Waals surface area contributed by atoms with Gasteiger partial charge in [0, 0.05) is 22.7 Å². The highest BCUT2D eigenvalue weighted by Gasteiger charge is 2.15. The first-order chi connectivity index (χ1) is 6.70. The van der Waals surface area contributed by atoms with Crippen LogP contribution < -0.4 is 0 Å². The number of carbonyl (C=O) groups is 1. The van der Waals surface area contributed by atoms with Crippen LogP contribution in [-0.2, 0) is 0 Å². The molecule has 14 heavy (non-hydrogen) atoms. The molecule has 1 atom stereocenters. The third-order valence-electron chi connectivity index (χ3n) is 2.22. The number of alkyl halides is 1. The molecule has 1 aromatic carbocycles. The number of fused-ring (bicyclic) bond motifs is 1. The van der Waals surface area contributed by atoms with E-state index in [9.17, 15) is 4.79 Å². The van der Waals surface area contributed by atoms with Crippen LogP contribution in [0.15, 0.2) is 30.5 Å². The van der Waals surface area contributed by atoms with Crippen molar-refractivity contribution in [2.24, 2.45) is 0 Å². The van der Waals surface area contributed by atoms with Gasteiger partial charge < -0.3 is 4.98 Å². The molecule has 0 amide bonds. The Labute approximate surface area is 90.4 Å². The molecule has 1 aromatic heterocycles. The zero-order chi connectivity index (χ0) is 10.1. The number of aromatic nitrogens is 1. The summed E-state index contributed by atoms with van der Waals surface area (Å²) in [5.74, 6) is 0.113. The monoisotopic (exact) mass is 251 g/mol. The van der Waals surface area contributed by atoms with Crippen LogP contribution in [0.25, 0.3) is 10.9 Å². The smallest absolute Gasteiger partial charge is 0.178 e. The van der Waals surface area contributed by atoms with Crippen LogP contribution in [0.4, 0.5) is 0 Å². The van der Waals surface area contributed by atoms with Crippen molar-refractivity contribution < 1.29 is 4.79 Å². The molecule has 0 bridgehead atoms. The number of carbonyl (C=O) groups excluding carboxylic acids is 1. The Kier molecular flexibility index (Phi) is 2.42. The summed E-state index contributed by atoms with van der Waals surface area (Å²) in [6.45, 7) is 1.84. The molecule has 2 rings (SSSR count). The van der Waals surface area contributed by atoms with Crippen molar-refractivity contribution in [2.45, 2.75) is 11.8 Å². The van der Waals surface area contributed by atoms with Crippen LogP contribution in [0.1, 0.15) is 17.3 Å². The molecule has 3 heteroatoms. The Hall–Kier alpha value is -1.09. The highest BCUT2D eigenvalue weighted by Crippen LogP contribution is 2.20. The number of benzene rings is 1. The van der Waals surface area contributed by atoms with E-state index in [1.54, 1.807) is 6.20 Å². The van der Waals surface area contributed by atoms with Gasteiger partial charge in [0.15, 0.2) is 5.78 Å². The largest absolute Gasteiger partial charge is 0.360 e. The first-order valence-corrected chi connectivity index (χ1v) is 5.36. The molecule has 72 valence electrons. The molecule has 0 saturated heterocycles. The normalized spacial score (nSPS) is 13.0. The SMILES string of the molecule is C[C@@H](Br)C(=O)c1c[nH]c2ccccc12. The van der Waals surface area contributed by atoms with Crippen LogP contribution in [0.5, 0.6) is 0 Å². The lowest BCUT2D eigenvalue weighted by Gasteiger charge is -1.99. The lowest BCUT2D eigenvalue weighted by atomic mass is 10.1. The number of H-pyrrole nitrogens is 1. The van der Waals surface area contributed by atoms with Gasteiger partial charge in [0.05, 0.1) is 4.83 Å². The van der Waals surface area contributed by atoms with E-state index in [0.29, 0.717) is 0 Å². The number of nitrogens with one attached hydrogen (secondary N) is 1. The summed E-state index contributed by atoms with van der Waals surface area (Å²) < 4.78 is 0. The van der Waals surface area contributed by atoms with Gasteiger partial charge in [-0.1, -0.05) is 34.1 Å². The highest BCUT2D eigenvalue weighted by molar-refractivity contribution is 9.10. The summed E-state index contributed by atoms with van der Waals surface area (Å²) >= 11 is 3.28. The van der Waals surface area contributed by atoms with Crippen LogP contribution >= 0.6 is 15.9 Å². The summed E-state index contributed by atoms with van der Waals surface area (Å²) in [5, 5.41) is 0.990. The summed E-state index contributed by atoms with van der Waals surface area (Å²) in [5.41, 5.74) is 1.76. The van der Waals surface area contributed by atoms with Crippen molar-refractivity contribution in [3.63, 3.8) is 0 Å². The van der Waals surface area contributed by atoms with E-state index < -0.39 is 0 Å². The molecule has 2 aromatic rings. The fourth-order valence-corrected chi connectivity index (χ4v) is 1.74. The fraction of sp³-hybridized carbons (Fsp3) is 0.182. The maximum atomic E-state index is 11.8. The van der Waals surface area contributed by atoms with E-state index in [-0.39, 0.29) is 10.6 Å². The van der Waals surface area contributed by atoms with Crippen LogP contribution in [0, 0.1) is 0 Å². The van der Waals surface area contributed by atoms with E-state index in [1.807, 2.05) is 31.2 Å². The van der Waals surface area contributed by atoms with E-state index in [2.05, 4.69) is 20.9 Å². The standard InChI is InChI=1S/C11H10BrNO/c1-7(12)11(14)9-6-13-10-5-3-2-4-8(9)10/h2-7,13H,1H3/t7-/m1/s1. The predicted octanol–water partition coefficient (Wildman–Crippen LogP) is 3.13. The fourth-order valence-electron chi connectivity index (χ4n) is 1.49. The molecule has 0 fully saturated rings. The topological polar surface area (TPSA) is 32.9 Å². The maximum absolute atomic E-state index is 11.8. The summed E-state index contributed by atoms with van der Waals surface area (Å²) in [6, 6.07) is 7.80. The number of halogens is 1. The van der Waals surface area contributed by atoms with Crippen molar-refractivity contribution in [1.82, 2.24) is 4.98 Å². The minimum Gasteiger partial charge on any atom is -0.360 e. The second-order valence-corrected chi connectivity index (χ2v) is 4.60. The number of Topliss-reactive ketones (excluding diaryl/α,β-unsaturated/α-hetero) is 1. The van der Waals surface area contributed by atoms with E-state index in [4.69, 9.17) is 0 Å². The van der Waals surface area contributed by atoms with Crippen molar-refractivity contribution >= 4 is 32.6 Å². The zero-order valence-corrected chi connectivity index (χ0v) is 9.34. The lowest BCUT2D eigenvalue weighted by molar-refractivity contribution is 0.0997. The van der Waals surface area contributed by atoms with Gasteiger partial charge in [0.1, 0.15) is 0 Å². The zero-order valence-electron chi connectivity index (χ0n) is 7.75. The Balaban J connectivity index is 2.58. The second kappa shape index (κ2) is 3.58. The van der Waals surface area contributed by atoms with Gasteiger partial charge in [-0.2, -0.15) is 0 Å². The molecule has 0 radical (unpaired) electrons. The average Bonchev–Trinajstić information content (AvgIpc) is 2.60. The molecule has 0 unspecified atom stereocenters. The van der Waals surface area contributed by atoms with Crippen molar-refractivity contribution in [1.29, 1.82) is 0 Å². The molecule has 0 aliphatic rings. The summed E-state index contributed by atoms with van der Waals surface area (Å²) in [4.78, 5) is 14.7. The minimum absolute atomic E-state index is 0.113. The molecule has 2 nitrogen and oxygen atoms in total. The number of hydrogen-bond acceptors (Lipinski definition) is 1. The molecule has 0 aliphatic heterocycles. The highest BCUT2D eigenvalue weighted by atomic mass is 79.9. The molecular formula is C11H10BrNO. The van der Waals surface area contributed by atoms with Gasteiger partial charge in [0.2, 0.25) is 0 Å². The van der Waals surface area contributed by atoms with Crippen molar-refractivity contribution in [3.05, 3.63) is 36.0 Å². The number of rotatable bonds is 2. The summed E-state index contributed by atoms with van der Waals surface area (Å²) in [6.07, 6.45) is 1.77. The van der Waals surface area contributed by atoms with Gasteiger partial charge in [-0.15, -0.1) is 0 Å². The van der Waals surface area contributed by atoms with Crippen molar-refractivity contribution in [3.8, 4) is 0 Å². The van der Waals surface area contributed by atoms with Crippen molar-refractivity contribution in [2.75, 3.05) is 0 Å². The third-order valence-corrected chi connectivity index (χ3v) is 2.63. The Morgan fingerprint density at radius 2 is 2.14 bits per heavy atom.